The Hall–Kier alpha value is -2.63. The SMILES string of the molecule is O=CN1CCN(c2ccnc(N3CCC(Cc4ccccc4)CC3)n2)CC1. The average molecular weight is 365 g/mol. The molecule has 3 heterocycles. The van der Waals surface area contributed by atoms with Crippen molar-refractivity contribution in [3.8, 4) is 0 Å². The zero-order valence-electron chi connectivity index (χ0n) is 15.7. The van der Waals surface area contributed by atoms with Crippen LogP contribution in [-0.4, -0.2) is 60.5 Å². The van der Waals surface area contributed by atoms with Crippen LogP contribution in [0.4, 0.5) is 11.8 Å². The summed E-state index contributed by atoms with van der Waals surface area (Å²) >= 11 is 0. The second-order valence-electron chi connectivity index (χ2n) is 7.46. The number of rotatable bonds is 5. The van der Waals surface area contributed by atoms with Crippen molar-refractivity contribution in [2.24, 2.45) is 5.92 Å². The summed E-state index contributed by atoms with van der Waals surface area (Å²) in [7, 11) is 0. The van der Waals surface area contributed by atoms with Crippen LogP contribution >= 0.6 is 0 Å². The first-order chi connectivity index (χ1) is 13.3. The molecule has 27 heavy (non-hydrogen) atoms. The monoisotopic (exact) mass is 365 g/mol. The number of anilines is 2. The molecule has 0 bridgehead atoms. The third kappa shape index (κ3) is 4.38. The summed E-state index contributed by atoms with van der Waals surface area (Å²) in [4.78, 5) is 26.6. The minimum Gasteiger partial charge on any atom is -0.353 e. The van der Waals surface area contributed by atoms with Crippen LogP contribution in [0.25, 0.3) is 0 Å². The van der Waals surface area contributed by atoms with Crippen LogP contribution in [0.15, 0.2) is 42.6 Å². The lowest BCUT2D eigenvalue weighted by atomic mass is 9.90. The molecule has 0 saturated carbocycles. The molecule has 0 atom stereocenters. The molecule has 4 rings (SSSR count). The van der Waals surface area contributed by atoms with E-state index in [4.69, 9.17) is 4.98 Å². The molecule has 6 nitrogen and oxygen atoms in total. The molecule has 1 aromatic carbocycles. The van der Waals surface area contributed by atoms with Gasteiger partial charge in [-0.25, -0.2) is 4.98 Å². The molecule has 6 heteroatoms. The zero-order chi connectivity index (χ0) is 18.5. The van der Waals surface area contributed by atoms with E-state index in [-0.39, 0.29) is 0 Å². The number of nitrogens with zero attached hydrogens (tertiary/aromatic N) is 5. The van der Waals surface area contributed by atoms with E-state index in [2.05, 4.69) is 45.1 Å². The number of piperazine rings is 1. The Labute approximate surface area is 160 Å². The Kier molecular flexibility index (Phi) is 5.51. The van der Waals surface area contributed by atoms with E-state index in [9.17, 15) is 4.79 Å². The van der Waals surface area contributed by atoms with Crippen molar-refractivity contribution in [2.75, 3.05) is 49.1 Å². The van der Waals surface area contributed by atoms with Gasteiger partial charge in [-0.1, -0.05) is 30.3 Å². The van der Waals surface area contributed by atoms with Crippen molar-refractivity contribution >= 4 is 18.2 Å². The van der Waals surface area contributed by atoms with Crippen molar-refractivity contribution < 1.29 is 4.79 Å². The van der Waals surface area contributed by atoms with Gasteiger partial charge in [0, 0.05) is 45.5 Å². The van der Waals surface area contributed by atoms with Gasteiger partial charge in [0.2, 0.25) is 12.4 Å². The lowest BCUT2D eigenvalue weighted by molar-refractivity contribution is -0.118. The topological polar surface area (TPSA) is 52.6 Å². The Bertz CT molecular complexity index is 737. The molecule has 0 unspecified atom stereocenters. The van der Waals surface area contributed by atoms with Gasteiger partial charge in [-0.3, -0.25) is 4.79 Å². The summed E-state index contributed by atoms with van der Waals surface area (Å²) < 4.78 is 0. The first kappa shape index (κ1) is 17.8. The molecule has 0 radical (unpaired) electrons. The van der Waals surface area contributed by atoms with Crippen molar-refractivity contribution in [1.82, 2.24) is 14.9 Å². The highest BCUT2D eigenvalue weighted by Crippen LogP contribution is 2.25. The van der Waals surface area contributed by atoms with Gasteiger partial charge in [-0.15, -0.1) is 0 Å². The maximum absolute atomic E-state index is 10.9. The Morgan fingerprint density at radius 2 is 1.67 bits per heavy atom. The third-order valence-corrected chi connectivity index (χ3v) is 5.68. The molecular formula is C21H27N5O. The number of hydrogen-bond acceptors (Lipinski definition) is 5. The molecule has 2 saturated heterocycles. The minimum absolute atomic E-state index is 0.739. The predicted molar refractivity (Wildman–Crippen MR) is 107 cm³/mol. The predicted octanol–water partition coefficient (Wildman–Crippen LogP) is 2.21. The van der Waals surface area contributed by atoms with E-state index in [0.717, 1.165) is 69.8 Å². The number of benzene rings is 1. The summed E-state index contributed by atoms with van der Waals surface area (Å²) in [6.07, 6.45) is 6.32. The first-order valence-electron chi connectivity index (χ1n) is 9.88. The fourth-order valence-corrected chi connectivity index (χ4v) is 4.01. The van der Waals surface area contributed by atoms with Gasteiger partial charge in [0.05, 0.1) is 0 Å². The van der Waals surface area contributed by atoms with Gasteiger partial charge in [0.15, 0.2) is 0 Å². The van der Waals surface area contributed by atoms with Crippen LogP contribution in [0, 0.1) is 5.92 Å². The quantitative estimate of drug-likeness (QED) is 0.761. The Morgan fingerprint density at radius 1 is 0.926 bits per heavy atom. The van der Waals surface area contributed by atoms with Crippen molar-refractivity contribution in [2.45, 2.75) is 19.3 Å². The number of carbonyl (C=O) groups is 1. The number of aromatic nitrogens is 2. The number of carbonyl (C=O) groups excluding carboxylic acids is 1. The summed E-state index contributed by atoms with van der Waals surface area (Å²) in [5.74, 6) is 2.55. The number of piperidine rings is 1. The van der Waals surface area contributed by atoms with E-state index in [1.54, 1.807) is 0 Å². The van der Waals surface area contributed by atoms with Crippen LogP contribution in [0.5, 0.6) is 0 Å². The molecule has 1 amide bonds. The molecule has 2 fully saturated rings. The van der Waals surface area contributed by atoms with E-state index < -0.39 is 0 Å². The maximum Gasteiger partial charge on any atom is 0.227 e. The highest BCUT2D eigenvalue weighted by atomic mass is 16.1. The minimum atomic E-state index is 0.739. The Morgan fingerprint density at radius 3 is 2.37 bits per heavy atom. The molecule has 1 aromatic heterocycles. The average Bonchev–Trinajstić information content (AvgIpc) is 2.75. The standard InChI is InChI=1S/C21H27N5O/c27-17-24-12-14-25(15-13-24)20-6-9-22-21(23-20)26-10-7-19(8-11-26)16-18-4-2-1-3-5-18/h1-6,9,17,19H,7-8,10-16H2. The fraction of sp³-hybridized carbons (Fsp3) is 0.476. The molecule has 0 aliphatic carbocycles. The largest absolute Gasteiger partial charge is 0.353 e. The molecule has 2 aromatic rings. The number of hydrogen-bond donors (Lipinski definition) is 0. The van der Waals surface area contributed by atoms with Gasteiger partial charge in [0.1, 0.15) is 5.82 Å². The molecular weight excluding hydrogens is 338 g/mol. The summed E-state index contributed by atoms with van der Waals surface area (Å²) in [5.41, 5.74) is 1.43. The lowest BCUT2D eigenvalue weighted by Gasteiger charge is -2.35. The van der Waals surface area contributed by atoms with E-state index in [1.165, 1.54) is 18.4 Å². The highest BCUT2D eigenvalue weighted by Gasteiger charge is 2.23. The molecule has 0 spiro atoms. The number of amides is 1. The van der Waals surface area contributed by atoms with Crippen LogP contribution in [0.1, 0.15) is 18.4 Å². The van der Waals surface area contributed by atoms with Gasteiger partial charge in [0.25, 0.3) is 0 Å². The third-order valence-electron chi connectivity index (χ3n) is 5.68. The van der Waals surface area contributed by atoms with E-state index >= 15 is 0 Å². The normalized spacial score (nSPS) is 18.6. The van der Waals surface area contributed by atoms with Gasteiger partial charge >= 0.3 is 0 Å². The second-order valence-corrected chi connectivity index (χ2v) is 7.46. The molecule has 142 valence electrons. The fourth-order valence-electron chi connectivity index (χ4n) is 4.01. The smallest absolute Gasteiger partial charge is 0.227 e. The van der Waals surface area contributed by atoms with Crippen molar-refractivity contribution in [3.63, 3.8) is 0 Å². The molecule has 2 aliphatic heterocycles. The van der Waals surface area contributed by atoms with Crippen LogP contribution in [0.3, 0.4) is 0 Å². The zero-order valence-corrected chi connectivity index (χ0v) is 15.7. The highest BCUT2D eigenvalue weighted by molar-refractivity contribution is 5.49. The van der Waals surface area contributed by atoms with Crippen LogP contribution in [-0.2, 0) is 11.2 Å². The summed E-state index contributed by atoms with van der Waals surface area (Å²) in [6.45, 7) is 5.20. The van der Waals surface area contributed by atoms with Crippen LogP contribution in [0.2, 0.25) is 0 Å². The van der Waals surface area contributed by atoms with Gasteiger partial charge in [-0.2, -0.15) is 4.98 Å². The lowest BCUT2D eigenvalue weighted by Crippen LogP contribution is -2.46. The summed E-state index contributed by atoms with van der Waals surface area (Å²) in [5, 5.41) is 0. The van der Waals surface area contributed by atoms with Gasteiger partial charge in [-0.05, 0) is 36.8 Å². The second kappa shape index (κ2) is 8.37. The summed E-state index contributed by atoms with van der Waals surface area (Å²) in [6, 6.07) is 12.8. The maximum atomic E-state index is 10.9. The van der Waals surface area contributed by atoms with Crippen molar-refractivity contribution in [3.05, 3.63) is 48.2 Å². The Balaban J connectivity index is 1.34. The first-order valence-corrected chi connectivity index (χ1v) is 9.88. The molecule has 0 N–H and O–H groups in total. The van der Waals surface area contributed by atoms with E-state index in [1.807, 2.05) is 17.2 Å². The molecule has 2 aliphatic rings. The van der Waals surface area contributed by atoms with Gasteiger partial charge < -0.3 is 14.7 Å². The van der Waals surface area contributed by atoms with E-state index in [0.29, 0.717) is 0 Å². The van der Waals surface area contributed by atoms with Crippen LogP contribution < -0.4 is 9.80 Å². The van der Waals surface area contributed by atoms with Crippen molar-refractivity contribution in [1.29, 1.82) is 0 Å².